The summed E-state index contributed by atoms with van der Waals surface area (Å²) < 4.78 is 0. The van der Waals surface area contributed by atoms with Gasteiger partial charge in [-0.05, 0) is 6.07 Å². The molecule has 1 rings (SSSR count). The van der Waals surface area contributed by atoms with Crippen LogP contribution in [-0.2, 0) is 14.4 Å². The summed E-state index contributed by atoms with van der Waals surface area (Å²) in [5, 5.41) is 14.3. The third-order valence-corrected chi connectivity index (χ3v) is 2.84. The molecular weight excluding hydrogens is 284 g/mol. The number of carboxylic acid groups (broad SMARTS) is 1. The predicted molar refractivity (Wildman–Crippen MR) is 73.3 cm³/mol. The zero-order chi connectivity index (χ0) is 15.1. The number of carbonyl (C=O) groups excluding carboxylic acids is 2. The molecule has 3 N–H and O–H groups in total. The number of benzene rings is 1. The van der Waals surface area contributed by atoms with Crippen molar-refractivity contribution in [2.75, 3.05) is 6.54 Å². The topological polar surface area (TPSA) is 95.5 Å². The van der Waals surface area contributed by atoms with E-state index in [1.54, 1.807) is 18.2 Å². The molecule has 0 aliphatic carbocycles. The smallest absolute Gasteiger partial charge is 0.330 e. The van der Waals surface area contributed by atoms with Gasteiger partial charge in [0.25, 0.3) is 0 Å². The minimum absolute atomic E-state index is 0.00614. The second kappa shape index (κ2) is 7.49. The Morgan fingerprint density at radius 1 is 1.30 bits per heavy atom. The van der Waals surface area contributed by atoms with Crippen LogP contribution in [0.2, 0.25) is 5.02 Å². The quantitative estimate of drug-likeness (QED) is 0.733. The molecule has 0 aromatic heterocycles. The molecule has 0 bridgehead atoms. The molecule has 1 atom stereocenters. The van der Waals surface area contributed by atoms with Crippen LogP contribution in [-0.4, -0.2) is 29.4 Å². The van der Waals surface area contributed by atoms with Crippen molar-refractivity contribution in [2.24, 2.45) is 0 Å². The molecule has 108 valence electrons. The Morgan fingerprint density at radius 2 is 1.95 bits per heavy atom. The van der Waals surface area contributed by atoms with E-state index in [0.717, 1.165) is 0 Å². The first-order chi connectivity index (χ1) is 9.41. The molecule has 0 saturated heterocycles. The second-order valence-corrected chi connectivity index (χ2v) is 4.50. The van der Waals surface area contributed by atoms with Gasteiger partial charge in [-0.1, -0.05) is 29.8 Å². The molecule has 0 spiro atoms. The van der Waals surface area contributed by atoms with Gasteiger partial charge in [0.05, 0.1) is 0 Å². The molecule has 0 saturated carbocycles. The van der Waals surface area contributed by atoms with Gasteiger partial charge >= 0.3 is 5.97 Å². The van der Waals surface area contributed by atoms with E-state index >= 15 is 0 Å². The van der Waals surface area contributed by atoms with E-state index in [4.69, 9.17) is 11.6 Å². The first kappa shape index (κ1) is 16.0. The fourth-order valence-electron chi connectivity index (χ4n) is 1.57. The summed E-state index contributed by atoms with van der Waals surface area (Å²) in [6, 6.07) is 5.18. The van der Waals surface area contributed by atoms with Gasteiger partial charge in [0, 0.05) is 30.5 Å². The number of aliphatic carboxylic acids is 1. The average Bonchev–Trinajstić information content (AvgIpc) is 2.36. The zero-order valence-electron chi connectivity index (χ0n) is 10.9. The Kier molecular flexibility index (Phi) is 5.99. The molecule has 0 heterocycles. The molecule has 6 nitrogen and oxygen atoms in total. The van der Waals surface area contributed by atoms with Crippen LogP contribution in [0.1, 0.15) is 24.9 Å². The number of hydrogen-bond donors (Lipinski definition) is 3. The zero-order valence-corrected chi connectivity index (χ0v) is 11.6. The number of carboxylic acids is 1. The third-order valence-electron chi connectivity index (χ3n) is 2.49. The highest BCUT2D eigenvalue weighted by Crippen LogP contribution is 2.22. The van der Waals surface area contributed by atoms with E-state index in [1.165, 1.54) is 13.0 Å². The Hall–Kier alpha value is -2.08. The Bertz CT molecular complexity index is 519. The fraction of sp³-hybridized carbons (Fsp3) is 0.308. The average molecular weight is 299 g/mol. The van der Waals surface area contributed by atoms with E-state index in [-0.39, 0.29) is 23.9 Å². The van der Waals surface area contributed by atoms with Gasteiger partial charge in [-0.2, -0.15) is 0 Å². The van der Waals surface area contributed by atoms with Gasteiger partial charge in [-0.15, -0.1) is 0 Å². The van der Waals surface area contributed by atoms with E-state index in [9.17, 15) is 19.5 Å². The van der Waals surface area contributed by atoms with Gasteiger partial charge in [-0.25, -0.2) is 4.79 Å². The Labute approximate surface area is 121 Å². The molecular formula is C13H15ClN2O4. The van der Waals surface area contributed by atoms with Crippen molar-refractivity contribution >= 4 is 29.4 Å². The van der Waals surface area contributed by atoms with Crippen LogP contribution < -0.4 is 10.6 Å². The number of nitrogens with one attached hydrogen (secondary N) is 2. The molecule has 1 aromatic carbocycles. The van der Waals surface area contributed by atoms with Crippen LogP contribution in [0.25, 0.3) is 0 Å². The molecule has 0 aliphatic heterocycles. The summed E-state index contributed by atoms with van der Waals surface area (Å²) in [5.41, 5.74) is 0.314. The maximum Gasteiger partial charge on any atom is 0.330 e. The van der Waals surface area contributed by atoms with Crippen molar-refractivity contribution in [1.29, 1.82) is 0 Å². The summed E-state index contributed by atoms with van der Waals surface area (Å²) in [7, 11) is 0. The van der Waals surface area contributed by atoms with Crippen molar-refractivity contribution in [2.45, 2.75) is 19.4 Å². The maximum absolute atomic E-state index is 11.7. The summed E-state index contributed by atoms with van der Waals surface area (Å²) in [6.07, 6.45) is -0.00614. The van der Waals surface area contributed by atoms with Gasteiger partial charge in [0.15, 0.2) is 6.04 Å². The summed E-state index contributed by atoms with van der Waals surface area (Å²) in [4.78, 5) is 33.5. The molecule has 20 heavy (non-hydrogen) atoms. The van der Waals surface area contributed by atoms with Gasteiger partial charge in [0.1, 0.15) is 0 Å². The Morgan fingerprint density at radius 3 is 2.50 bits per heavy atom. The lowest BCUT2D eigenvalue weighted by Gasteiger charge is -2.16. The first-order valence-electron chi connectivity index (χ1n) is 5.93. The lowest BCUT2D eigenvalue weighted by molar-refractivity contribution is -0.142. The lowest BCUT2D eigenvalue weighted by Crippen LogP contribution is -2.36. The van der Waals surface area contributed by atoms with Gasteiger partial charge in [0.2, 0.25) is 11.8 Å². The van der Waals surface area contributed by atoms with Crippen LogP contribution in [0, 0.1) is 0 Å². The molecule has 2 amide bonds. The molecule has 0 fully saturated rings. The van der Waals surface area contributed by atoms with E-state index < -0.39 is 17.9 Å². The van der Waals surface area contributed by atoms with Crippen molar-refractivity contribution in [3.05, 3.63) is 34.9 Å². The SMILES string of the molecule is CC(=O)NCCC(=O)N[C@@H](C(=O)O)c1ccccc1Cl. The molecule has 0 aliphatic rings. The number of halogens is 1. The summed E-state index contributed by atoms with van der Waals surface area (Å²) >= 11 is 5.92. The van der Waals surface area contributed by atoms with Crippen molar-refractivity contribution in [1.82, 2.24) is 10.6 Å². The highest BCUT2D eigenvalue weighted by atomic mass is 35.5. The standard InChI is InChI=1S/C13H15ClN2O4/c1-8(17)15-7-6-11(18)16-12(13(19)20)9-4-2-3-5-10(9)14/h2-5,12H,6-7H2,1H3,(H,15,17)(H,16,18)(H,19,20)/t12-/m1/s1. The van der Waals surface area contributed by atoms with Crippen LogP contribution in [0.3, 0.4) is 0 Å². The number of rotatable bonds is 6. The minimum atomic E-state index is -1.21. The third kappa shape index (κ3) is 4.89. The second-order valence-electron chi connectivity index (χ2n) is 4.09. The number of hydrogen-bond acceptors (Lipinski definition) is 3. The number of carbonyl (C=O) groups is 3. The molecule has 0 unspecified atom stereocenters. The summed E-state index contributed by atoms with van der Waals surface area (Å²) in [6.45, 7) is 1.48. The highest BCUT2D eigenvalue weighted by molar-refractivity contribution is 6.31. The van der Waals surface area contributed by atoms with Crippen LogP contribution in [0.15, 0.2) is 24.3 Å². The Balaban J connectivity index is 2.69. The molecule has 1 aromatic rings. The van der Waals surface area contributed by atoms with E-state index in [2.05, 4.69) is 10.6 Å². The van der Waals surface area contributed by atoms with E-state index in [1.807, 2.05) is 0 Å². The van der Waals surface area contributed by atoms with Crippen LogP contribution in [0.5, 0.6) is 0 Å². The number of amides is 2. The van der Waals surface area contributed by atoms with E-state index in [0.29, 0.717) is 5.56 Å². The first-order valence-corrected chi connectivity index (χ1v) is 6.30. The van der Waals surface area contributed by atoms with Crippen molar-refractivity contribution < 1.29 is 19.5 Å². The minimum Gasteiger partial charge on any atom is -0.479 e. The van der Waals surface area contributed by atoms with Gasteiger partial charge in [-0.3, -0.25) is 9.59 Å². The lowest BCUT2D eigenvalue weighted by atomic mass is 10.1. The normalized spacial score (nSPS) is 11.5. The highest BCUT2D eigenvalue weighted by Gasteiger charge is 2.23. The van der Waals surface area contributed by atoms with Crippen molar-refractivity contribution in [3.8, 4) is 0 Å². The maximum atomic E-state index is 11.7. The van der Waals surface area contributed by atoms with Crippen LogP contribution in [0.4, 0.5) is 0 Å². The molecule has 0 radical (unpaired) electrons. The predicted octanol–water partition coefficient (Wildman–Crippen LogP) is 1.11. The monoisotopic (exact) mass is 298 g/mol. The van der Waals surface area contributed by atoms with Crippen molar-refractivity contribution in [3.63, 3.8) is 0 Å². The fourth-order valence-corrected chi connectivity index (χ4v) is 1.81. The van der Waals surface area contributed by atoms with Gasteiger partial charge < -0.3 is 15.7 Å². The molecule has 7 heteroatoms. The van der Waals surface area contributed by atoms with Crippen LogP contribution >= 0.6 is 11.6 Å². The summed E-state index contributed by atoms with van der Waals surface area (Å²) in [5.74, 6) is -1.93. The largest absolute Gasteiger partial charge is 0.479 e.